The van der Waals surface area contributed by atoms with Gasteiger partial charge in [0.15, 0.2) is 0 Å². The van der Waals surface area contributed by atoms with Gasteiger partial charge in [0.2, 0.25) is 0 Å². The molecule has 2 N–H and O–H groups in total. The molecule has 0 aromatic rings. The molecule has 0 aliphatic heterocycles. The van der Waals surface area contributed by atoms with Crippen molar-refractivity contribution in [2.24, 2.45) is 5.92 Å². The number of rotatable bonds is 6. The molecule has 0 spiro atoms. The smallest absolute Gasteiger partial charge is 0.326 e. The van der Waals surface area contributed by atoms with Gasteiger partial charge in [-0.2, -0.15) is 0 Å². The molecule has 19 heavy (non-hydrogen) atoms. The summed E-state index contributed by atoms with van der Waals surface area (Å²) in [7, 11) is 0. The van der Waals surface area contributed by atoms with Crippen LogP contribution in [0, 0.1) is 5.92 Å². The van der Waals surface area contributed by atoms with Crippen molar-refractivity contribution in [1.82, 2.24) is 10.2 Å². The minimum absolute atomic E-state index is 0.0660. The van der Waals surface area contributed by atoms with Gasteiger partial charge < -0.3 is 15.3 Å². The molecule has 110 valence electrons. The molecule has 0 aromatic carbocycles. The molecule has 5 heteroatoms. The molecular weight excluding hydrogens is 244 g/mol. The molecule has 0 saturated heterocycles. The summed E-state index contributed by atoms with van der Waals surface area (Å²) in [6, 6.07) is -0.758. The Balaban J connectivity index is 2.66. The zero-order valence-corrected chi connectivity index (χ0v) is 12.2. The van der Waals surface area contributed by atoms with Crippen molar-refractivity contribution in [3.63, 3.8) is 0 Å². The van der Waals surface area contributed by atoms with E-state index in [1.54, 1.807) is 4.90 Å². The van der Waals surface area contributed by atoms with E-state index in [0.717, 1.165) is 32.1 Å². The third-order valence-corrected chi connectivity index (χ3v) is 4.13. The largest absolute Gasteiger partial charge is 0.480 e. The number of carboxylic acid groups (broad SMARTS) is 1. The maximum Gasteiger partial charge on any atom is 0.326 e. The van der Waals surface area contributed by atoms with Crippen LogP contribution < -0.4 is 5.32 Å². The Morgan fingerprint density at radius 2 is 1.89 bits per heavy atom. The van der Waals surface area contributed by atoms with Crippen molar-refractivity contribution in [3.8, 4) is 0 Å². The predicted molar refractivity (Wildman–Crippen MR) is 74.0 cm³/mol. The van der Waals surface area contributed by atoms with Crippen LogP contribution in [0.15, 0.2) is 0 Å². The molecule has 0 aromatic heterocycles. The predicted octanol–water partition coefficient (Wildman–Crippen LogP) is 2.46. The number of nitrogens with zero attached hydrogens (tertiary/aromatic N) is 1. The Kier molecular flexibility index (Phi) is 6.12. The number of carbonyl (C=O) groups is 2. The molecular formula is C14H26N2O3. The second-order valence-corrected chi connectivity index (χ2v) is 5.38. The number of carboxylic acids is 1. The van der Waals surface area contributed by atoms with Gasteiger partial charge in [-0.3, -0.25) is 0 Å². The fraction of sp³-hybridized carbons (Fsp3) is 0.857. The number of amides is 2. The first-order valence-electron chi connectivity index (χ1n) is 7.31. The Morgan fingerprint density at radius 3 is 2.32 bits per heavy atom. The fourth-order valence-corrected chi connectivity index (χ4v) is 2.68. The van der Waals surface area contributed by atoms with Gasteiger partial charge in [0.05, 0.1) is 0 Å². The first-order valence-corrected chi connectivity index (χ1v) is 7.31. The van der Waals surface area contributed by atoms with Crippen molar-refractivity contribution in [2.45, 2.75) is 65.0 Å². The van der Waals surface area contributed by atoms with E-state index in [1.165, 1.54) is 0 Å². The van der Waals surface area contributed by atoms with Crippen molar-refractivity contribution < 1.29 is 14.7 Å². The standard InChI is InChI=1S/C14H26N2O3/c1-4-10(3)12(13(17)18)15-14(19)16(5-2)11-8-6-7-9-11/h10-12H,4-9H2,1-3H3,(H,15,19)(H,17,18)/t10?,12-/m0/s1. The van der Waals surface area contributed by atoms with E-state index in [1.807, 2.05) is 20.8 Å². The monoisotopic (exact) mass is 270 g/mol. The van der Waals surface area contributed by atoms with Crippen LogP contribution in [0.4, 0.5) is 4.79 Å². The first-order chi connectivity index (χ1) is 9.01. The first kappa shape index (κ1) is 15.8. The second kappa shape index (κ2) is 7.36. The quantitative estimate of drug-likeness (QED) is 0.779. The molecule has 0 bridgehead atoms. The molecule has 1 aliphatic carbocycles. The molecule has 1 aliphatic rings. The maximum atomic E-state index is 12.2. The number of urea groups is 1. The van der Waals surface area contributed by atoms with Crippen LogP contribution in [0.2, 0.25) is 0 Å². The Bertz CT molecular complexity index is 314. The second-order valence-electron chi connectivity index (χ2n) is 5.38. The van der Waals surface area contributed by atoms with Gasteiger partial charge in [-0.15, -0.1) is 0 Å². The Morgan fingerprint density at radius 1 is 1.32 bits per heavy atom. The minimum Gasteiger partial charge on any atom is -0.480 e. The van der Waals surface area contributed by atoms with E-state index in [4.69, 9.17) is 0 Å². The summed E-state index contributed by atoms with van der Waals surface area (Å²) < 4.78 is 0. The summed E-state index contributed by atoms with van der Waals surface area (Å²) in [4.78, 5) is 25.3. The number of hydrogen-bond acceptors (Lipinski definition) is 2. The van der Waals surface area contributed by atoms with Gasteiger partial charge in [-0.1, -0.05) is 33.1 Å². The normalized spacial score (nSPS) is 18.9. The topological polar surface area (TPSA) is 69.6 Å². The SMILES string of the molecule is CCC(C)[C@H](NC(=O)N(CC)C1CCCC1)C(=O)O. The lowest BCUT2D eigenvalue weighted by atomic mass is 9.99. The highest BCUT2D eigenvalue weighted by molar-refractivity contribution is 5.83. The zero-order chi connectivity index (χ0) is 14.4. The van der Waals surface area contributed by atoms with Gasteiger partial charge >= 0.3 is 12.0 Å². The summed E-state index contributed by atoms with van der Waals surface area (Å²) in [5.41, 5.74) is 0. The number of carbonyl (C=O) groups excluding carboxylic acids is 1. The molecule has 1 saturated carbocycles. The molecule has 1 fully saturated rings. The van der Waals surface area contributed by atoms with E-state index >= 15 is 0 Å². The van der Waals surface area contributed by atoms with E-state index in [0.29, 0.717) is 6.54 Å². The van der Waals surface area contributed by atoms with Crippen molar-refractivity contribution in [2.75, 3.05) is 6.54 Å². The van der Waals surface area contributed by atoms with Gasteiger partial charge in [0.25, 0.3) is 0 Å². The van der Waals surface area contributed by atoms with Crippen molar-refractivity contribution in [3.05, 3.63) is 0 Å². The Labute approximate surface area is 115 Å². The van der Waals surface area contributed by atoms with Gasteiger partial charge in [-0.05, 0) is 25.7 Å². The Hall–Kier alpha value is -1.26. The van der Waals surface area contributed by atoms with Crippen LogP contribution in [-0.2, 0) is 4.79 Å². The summed E-state index contributed by atoms with van der Waals surface area (Å²) >= 11 is 0. The molecule has 2 atom stereocenters. The van der Waals surface area contributed by atoms with Crippen LogP contribution in [0.3, 0.4) is 0 Å². The average Bonchev–Trinajstić information content (AvgIpc) is 2.89. The number of nitrogens with one attached hydrogen (secondary N) is 1. The molecule has 0 radical (unpaired) electrons. The number of hydrogen-bond donors (Lipinski definition) is 2. The summed E-state index contributed by atoms with van der Waals surface area (Å²) in [5, 5.41) is 11.9. The van der Waals surface area contributed by atoms with Crippen LogP contribution in [0.5, 0.6) is 0 Å². The summed E-state index contributed by atoms with van der Waals surface area (Å²) in [6.07, 6.45) is 5.10. The number of aliphatic carboxylic acids is 1. The molecule has 2 amide bonds. The van der Waals surface area contributed by atoms with Crippen LogP contribution >= 0.6 is 0 Å². The fourth-order valence-electron chi connectivity index (χ4n) is 2.68. The summed E-state index contributed by atoms with van der Waals surface area (Å²) in [5.74, 6) is -1.02. The molecule has 1 rings (SSSR count). The molecule has 5 nitrogen and oxygen atoms in total. The molecule has 0 heterocycles. The lowest BCUT2D eigenvalue weighted by Gasteiger charge is -2.30. The van der Waals surface area contributed by atoms with E-state index in [9.17, 15) is 14.7 Å². The average molecular weight is 270 g/mol. The maximum absolute atomic E-state index is 12.2. The van der Waals surface area contributed by atoms with E-state index in [2.05, 4.69) is 5.32 Å². The molecule has 1 unspecified atom stereocenters. The third kappa shape index (κ3) is 4.11. The highest BCUT2D eigenvalue weighted by Gasteiger charge is 2.30. The van der Waals surface area contributed by atoms with E-state index in [-0.39, 0.29) is 18.0 Å². The van der Waals surface area contributed by atoms with Crippen LogP contribution in [0.25, 0.3) is 0 Å². The van der Waals surface area contributed by atoms with Crippen LogP contribution in [-0.4, -0.2) is 40.6 Å². The highest BCUT2D eigenvalue weighted by Crippen LogP contribution is 2.23. The van der Waals surface area contributed by atoms with Gasteiger partial charge in [0.1, 0.15) is 6.04 Å². The minimum atomic E-state index is -0.954. The van der Waals surface area contributed by atoms with Gasteiger partial charge in [0, 0.05) is 12.6 Å². The zero-order valence-electron chi connectivity index (χ0n) is 12.2. The third-order valence-electron chi connectivity index (χ3n) is 4.13. The summed E-state index contributed by atoms with van der Waals surface area (Å²) in [6.45, 7) is 6.35. The van der Waals surface area contributed by atoms with E-state index < -0.39 is 12.0 Å². The van der Waals surface area contributed by atoms with Crippen LogP contribution in [0.1, 0.15) is 52.9 Å². The highest BCUT2D eigenvalue weighted by atomic mass is 16.4. The van der Waals surface area contributed by atoms with Crippen molar-refractivity contribution in [1.29, 1.82) is 0 Å². The lowest BCUT2D eigenvalue weighted by Crippen LogP contribution is -2.52. The lowest BCUT2D eigenvalue weighted by molar-refractivity contribution is -0.140. The van der Waals surface area contributed by atoms with Gasteiger partial charge in [-0.25, -0.2) is 9.59 Å². The van der Waals surface area contributed by atoms with Crippen molar-refractivity contribution >= 4 is 12.0 Å².